The molecule has 0 unspecified atom stereocenters. The number of anilines is 6. The largest absolute Gasteiger partial charge is 0.744 e. The van der Waals surface area contributed by atoms with Crippen molar-refractivity contribution < 1.29 is 99.5 Å². The molecule has 81 heavy (non-hydrogen) atoms. The monoisotopic (exact) mass is 1270 g/mol. The summed E-state index contributed by atoms with van der Waals surface area (Å²) in [5.74, 6) is -4.97. The van der Waals surface area contributed by atoms with Gasteiger partial charge < -0.3 is 60.7 Å². The molecule has 0 saturated carbocycles. The zero-order valence-corrected chi connectivity index (χ0v) is 44.6. The molecule has 0 bridgehead atoms. The first-order valence-electron chi connectivity index (χ1n) is 20.3. The van der Waals surface area contributed by atoms with E-state index in [2.05, 4.69) is 61.0 Å². The Morgan fingerprint density at radius 2 is 0.840 bits per heavy atom. The number of hydrogen-bond acceptors (Lipinski definition) is 34. The number of nitrogens with zero attached hydrogens (tertiary/aromatic N) is 12. The fourth-order valence-corrected chi connectivity index (χ4v) is 9.37. The molecule has 0 radical (unpaired) electrons. The van der Waals surface area contributed by atoms with Gasteiger partial charge in [-0.2, -0.15) is 29.9 Å². The van der Waals surface area contributed by atoms with Gasteiger partial charge in [-0.15, -0.1) is 20.5 Å². The van der Waals surface area contributed by atoms with Gasteiger partial charge >= 0.3 is 0 Å². The third-order valence-corrected chi connectivity index (χ3v) is 13.6. The molecule has 0 aliphatic heterocycles. The number of nitro benzene ring substituents is 2. The molecule has 10 N–H and O–H groups in total. The molecule has 0 fully saturated rings. The second kappa shape index (κ2) is 23.0. The Balaban J connectivity index is 0.000000258. The van der Waals surface area contributed by atoms with E-state index in [4.69, 9.17) is 34.7 Å². The molecule has 0 aliphatic carbocycles. The summed E-state index contributed by atoms with van der Waals surface area (Å²) >= 11 is 11.5. The summed E-state index contributed by atoms with van der Waals surface area (Å²) in [5, 5.41) is 80.6. The molecular weight excluding hydrogens is 1250 g/mol. The van der Waals surface area contributed by atoms with Gasteiger partial charge in [-0.1, -0.05) is 0 Å². The minimum absolute atomic E-state index is 0. The molecule has 0 atom stereocenters. The Morgan fingerprint density at radius 1 is 0.494 bits per heavy atom. The maximum absolute atomic E-state index is 12.0. The molecule has 422 valence electrons. The van der Waals surface area contributed by atoms with Crippen LogP contribution in [0, 0.1) is 20.2 Å². The van der Waals surface area contributed by atoms with E-state index in [0.29, 0.717) is 24.3 Å². The molecule has 0 aliphatic rings. The number of nitrogens with two attached hydrogens (primary N) is 2. The van der Waals surface area contributed by atoms with Crippen molar-refractivity contribution in [2.75, 3.05) is 22.1 Å². The van der Waals surface area contributed by atoms with Crippen LogP contribution in [0.2, 0.25) is 10.6 Å². The van der Waals surface area contributed by atoms with Crippen LogP contribution in [0.15, 0.2) is 113 Å². The minimum Gasteiger partial charge on any atom is -0.744 e. The Bertz CT molecular complexity index is 4190. The first-order valence-corrected chi connectivity index (χ1v) is 26.7. The molecule has 0 spiro atoms. The Labute approximate surface area is 470 Å². The van der Waals surface area contributed by atoms with Crippen molar-refractivity contribution in [3.8, 4) is 23.0 Å². The molecule has 2 heterocycles. The summed E-state index contributed by atoms with van der Waals surface area (Å²) in [6, 6.07) is 9.26. The van der Waals surface area contributed by atoms with Crippen LogP contribution in [0.25, 0.3) is 21.5 Å². The summed E-state index contributed by atoms with van der Waals surface area (Å²) in [4.78, 5) is 38.1. The van der Waals surface area contributed by atoms with Gasteiger partial charge in [0, 0.05) is 52.4 Å². The molecule has 2 aromatic heterocycles. The van der Waals surface area contributed by atoms with Crippen molar-refractivity contribution >= 4 is 155 Å². The molecule has 6 aromatic carbocycles. The fraction of sp³-hybridized carbons (Fsp3) is 0. The van der Waals surface area contributed by atoms with Crippen molar-refractivity contribution in [2.24, 2.45) is 20.5 Å². The van der Waals surface area contributed by atoms with Gasteiger partial charge in [0.25, 0.3) is 11.4 Å². The topological polar surface area (TPSA) is 599 Å². The van der Waals surface area contributed by atoms with E-state index >= 15 is 0 Å². The van der Waals surface area contributed by atoms with E-state index in [1.807, 2.05) is 0 Å². The molecule has 43 heteroatoms. The van der Waals surface area contributed by atoms with Gasteiger partial charge in [0.1, 0.15) is 74.7 Å². The number of rotatable bonds is 14. The van der Waals surface area contributed by atoms with E-state index in [9.17, 15) is 92.5 Å². The van der Waals surface area contributed by atoms with Crippen molar-refractivity contribution in [3.63, 3.8) is 0 Å². The number of phenolic OH excluding ortho intramolecular Hbond substituents is 4. The zero-order chi connectivity index (χ0) is 59.1. The summed E-state index contributed by atoms with van der Waals surface area (Å²) in [5.41, 5.74) is 6.05. The summed E-state index contributed by atoms with van der Waals surface area (Å²) < 4.78 is 143. The van der Waals surface area contributed by atoms with Crippen LogP contribution in [0.4, 0.5) is 69.3 Å². The fourth-order valence-electron chi connectivity index (χ4n) is 6.68. The van der Waals surface area contributed by atoms with Gasteiger partial charge in [-0.05, 0) is 82.5 Å². The van der Waals surface area contributed by atoms with Gasteiger partial charge in [-0.25, -0.2) is 33.7 Å². The van der Waals surface area contributed by atoms with Gasteiger partial charge in [-0.3, -0.25) is 20.2 Å². The SMILES string of the molecule is Nc1nc(Cl)nc(Nc2cc(S(=O)(=O)[O-])cc3cc(S(=O)(=O)[O-])c(N=Nc4cc([N+](=O)[O-])ccc4O)c(O)c23)n1.Nc1nc(Cl)nc(Nc2cc(S(=O)(=O)[O-])cc3cc(S(=O)(=O)[O-])c(N=Nc4cc([N+](=O)[O-])ccc4O)c(O)c23)n1.[Cr]. The zero-order valence-electron chi connectivity index (χ0n) is 38.6. The van der Waals surface area contributed by atoms with Crippen molar-refractivity contribution in [1.29, 1.82) is 0 Å². The minimum atomic E-state index is -5.46. The molecule has 8 rings (SSSR count). The predicted molar refractivity (Wildman–Crippen MR) is 266 cm³/mol. The van der Waals surface area contributed by atoms with E-state index < -0.39 is 182 Å². The second-order valence-electron chi connectivity index (χ2n) is 15.2. The summed E-state index contributed by atoms with van der Waals surface area (Å²) in [7, 11) is -21.3. The first kappa shape index (κ1) is 61.2. The second-order valence-corrected chi connectivity index (χ2v) is 21.3. The van der Waals surface area contributed by atoms with Crippen LogP contribution in [-0.2, 0) is 57.8 Å². The van der Waals surface area contributed by atoms with Crippen molar-refractivity contribution in [3.05, 3.63) is 104 Å². The van der Waals surface area contributed by atoms with E-state index in [1.165, 1.54) is 0 Å². The number of nitro groups is 2. The smallest absolute Gasteiger partial charge is 0.271 e. The molecule has 36 nitrogen and oxygen atoms in total. The molecule has 8 aromatic rings. The predicted octanol–water partition coefficient (Wildman–Crippen LogP) is 5.09. The number of halogens is 2. The molecular formula is C38H22Cl2CrN16O20S4-4. The van der Waals surface area contributed by atoms with Crippen LogP contribution in [0.5, 0.6) is 23.0 Å². The standard InChI is InChI=1S/2C19H13ClN8O10S2.Cr/c2*20-17-23-18(21)25-19(24-17)22-11-6-9(39(33,34)35)3-7-4-13(40(36,37)38)15(16(30)14(7)11)27-26-10-5-8(28(31)32)1-2-12(10)29;/h2*1-6,29-30H,(H,33,34,35)(H,36,37,38)(H3,21,22,23,24,25);/p-4. The number of benzene rings is 6. The average molecular weight is 1270 g/mol. The Hall–Kier alpha value is -8.99. The maximum Gasteiger partial charge on any atom is 0.271 e. The normalized spacial score (nSPS) is 12.0. The van der Waals surface area contributed by atoms with Crippen LogP contribution in [0.1, 0.15) is 0 Å². The number of aromatic hydroxyl groups is 4. The van der Waals surface area contributed by atoms with Gasteiger partial charge in [0.2, 0.25) is 34.4 Å². The third-order valence-electron chi connectivity index (χ3n) is 9.96. The maximum atomic E-state index is 12.0. The number of non-ortho nitro benzene ring substituents is 2. The average Bonchev–Trinajstić information content (AvgIpc) is 3.49. The number of nitrogens with one attached hydrogen (secondary N) is 2. The molecule has 0 saturated heterocycles. The number of fused-ring (bicyclic) bond motifs is 2. The number of aromatic nitrogens is 6. The number of azo groups is 2. The van der Waals surface area contributed by atoms with E-state index in [0.717, 1.165) is 48.5 Å². The van der Waals surface area contributed by atoms with Crippen LogP contribution >= 0.6 is 23.2 Å². The Kier molecular flexibility index (Phi) is 17.4. The number of hydrogen-bond donors (Lipinski definition) is 8. The van der Waals surface area contributed by atoms with Crippen molar-refractivity contribution in [2.45, 2.75) is 19.6 Å². The first-order chi connectivity index (χ1) is 37.1. The summed E-state index contributed by atoms with van der Waals surface area (Å²) in [6.07, 6.45) is 0. The van der Waals surface area contributed by atoms with E-state index in [-0.39, 0.29) is 29.3 Å². The van der Waals surface area contributed by atoms with E-state index in [1.54, 1.807) is 0 Å². The molecule has 0 amide bonds. The van der Waals surface area contributed by atoms with Crippen LogP contribution < -0.4 is 22.1 Å². The third kappa shape index (κ3) is 14.1. The van der Waals surface area contributed by atoms with Crippen LogP contribution in [-0.4, -0.2) is 112 Å². The number of nitrogen functional groups attached to an aromatic ring is 2. The Morgan fingerprint density at radius 3 is 1.14 bits per heavy atom. The summed E-state index contributed by atoms with van der Waals surface area (Å²) in [6.45, 7) is 0. The van der Waals surface area contributed by atoms with Gasteiger partial charge in [0.05, 0.1) is 40.8 Å². The van der Waals surface area contributed by atoms with Crippen LogP contribution in [0.3, 0.4) is 0 Å². The van der Waals surface area contributed by atoms with Crippen molar-refractivity contribution in [1.82, 2.24) is 29.9 Å². The number of phenols is 4. The quantitative estimate of drug-likeness (QED) is 0.0304. The van der Waals surface area contributed by atoms with Gasteiger partial charge in [0.15, 0.2) is 11.5 Å².